The third-order valence-electron chi connectivity index (χ3n) is 5.19. The number of halogens is 1. The van der Waals surface area contributed by atoms with Gasteiger partial charge in [0.1, 0.15) is 5.82 Å². The number of amides is 2. The van der Waals surface area contributed by atoms with Gasteiger partial charge in [0.25, 0.3) is 0 Å². The number of carbonyl (C=O) groups is 1. The standard InChI is InChI=1S/C19H22BrN5O/c20-14-1-3-17-13(11-14)5-10-25(19(26)23-17)16-6-8-24(9-7-16)18-4-2-15(21)12-22-18/h1-4,11-12,16H,5-10,21H2,(H,23,26). The third-order valence-corrected chi connectivity index (χ3v) is 5.69. The molecule has 2 aromatic rings. The largest absolute Gasteiger partial charge is 0.397 e. The maximum atomic E-state index is 12.7. The predicted molar refractivity (Wildman–Crippen MR) is 107 cm³/mol. The van der Waals surface area contributed by atoms with E-state index in [0.717, 1.165) is 54.9 Å². The number of anilines is 3. The molecule has 2 amide bonds. The van der Waals surface area contributed by atoms with Crippen LogP contribution >= 0.6 is 15.9 Å². The van der Waals surface area contributed by atoms with Crippen molar-refractivity contribution in [2.75, 3.05) is 35.6 Å². The summed E-state index contributed by atoms with van der Waals surface area (Å²) in [6, 6.07) is 10.1. The van der Waals surface area contributed by atoms with Gasteiger partial charge in [0.05, 0.1) is 11.9 Å². The fourth-order valence-electron chi connectivity index (χ4n) is 3.76. The van der Waals surface area contributed by atoms with E-state index in [1.165, 1.54) is 5.56 Å². The van der Waals surface area contributed by atoms with Crippen molar-refractivity contribution in [3.05, 3.63) is 46.6 Å². The summed E-state index contributed by atoms with van der Waals surface area (Å²) < 4.78 is 1.04. The Labute approximate surface area is 161 Å². The van der Waals surface area contributed by atoms with E-state index >= 15 is 0 Å². The van der Waals surface area contributed by atoms with Crippen LogP contribution in [0.15, 0.2) is 41.0 Å². The zero-order valence-corrected chi connectivity index (χ0v) is 16.1. The number of piperidine rings is 1. The van der Waals surface area contributed by atoms with Crippen molar-refractivity contribution >= 4 is 39.2 Å². The van der Waals surface area contributed by atoms with E-state index in [9.17, 15) is 4.79 Å². The Balaban J connectivity index is 1.41. The molecular weight excluding hydrogens is 394 g/mol. The lowest BCUT2D eigenvalue weighted by Gasteiger charge is -2.38. The highest BCUT2D eigenvalue weighted by Gasteiger charge is 2.30. The van der Waals surface area contributed by atoms with E-state index in [1.807, 2.05) is 29.2 Å². The number of benzene rings is 1. The molecule has 7 heteroatoms. The molecule has 1 aromatic carbocycles. The lowest BCUT2D eigenvalue weighted by atomic mass is 10.0. The molecule has 1 fully saturated rings. The molecule has 6 nitrogen and oxygen atoms in total. The van der Waals surface area contributed by atoms with Gasteiger partial charge in [0.2, 0.25) is 0 Å². The highest BCUT2D eigenvalue weighted by atomic mass is 79.9. The molecule has 3 heterocycles. The lowest BCUT2D eigenvalue weighted by Crippen LogP contribution is -2.49. The van der Waals surface area contributed by atoms with Crippen molar-refractivity contribution < 1.29 is 4.79 Å². The Bertz CT molecular complexity index is 802. The van der Waals surface area contributed by atoms with E-state index in [-0.39, 0.29) is 12.1 Å². The molecular formula is C19H22BrN5O. The molecule has 0 bridgehead atoms. The number of hydrogen-bond acceptors (Lipinski definition) is 4. The number of rotatable bonds is 2. The van der Waals surface area contributed by atoms with Crippen LogP contribution in [0.5, 0.6) is 0 Å². The predicted octanol–water partition coefficient (Wildman–Crippen LogP) is 3.49. The first-order valence-electron chi connectivity index (χ1n) is 8.93. The van der Waals surface area contributed by atoms with Crippen molar-refractivity contribution in [3.63, 3.8) is 0 Å². The van der Waals surface area contributed by atoms with Crippen molar-refractivity contribution in [1.82, 2.24) is 9.88 Å². The number of hydrogen-bond donors (Lipinski definition) is 2. The minimum absolute atomic E-state index is 0.00938. The van der Waals surface area contributed by atoms with E-state index in [0.29, 0.717) is 5.69 Å². The lowest BCUT2D eigenvalue weighted by molar-refractivity contribution is 0.177. The third kappa shape index (κ3) is 3.49. The summed E-state index contributed by atoms with van der Waals surface area (Å²) in [5, 5.41) is 3.07. The number of nitrogen functional groups attached to an aromatic ring is 1. The summed E-state index contributed by atoms with van der Waals surface area (Å²) >= 11 is 3.51. The fraction of sp³-hybridized carbons (Fsp3) is 0.368. The zero-order valence-electron chi connectivity index (χ0n) is 14.5. The fourth-order valence-corrected chi connectivity index (χ4v) is 4.17. The van der Waals surface area contributed by atoms with Gasteiger partial charge in [-0.2, -0.15) is 0 Å². The summed E-state index contributed by atoms with van der Waals surface area (Å²) in [7, 11) is 0. The number of nitrogens with zero attached hydrogens (tertiary/aromatic N) is 3. The molecule has 0 radical (unpaired) electrons. The Kier molecular flexibility index (Phi) is 4.72. The van der Waals surface area contributed by atoms with Crippen LogP contribution in [0.1, 0.15) is 18.4 Å². The summed E-state index contributed by atoms with van der Waals surface area (Å²) in [6.45, 7) is 2.54. The van der Waals surface area contributed by atoms with Crippen LogP contribution in [0, 0.1) is 0 Å². The molecule has 0 saturated carbocycles. The second kappa shape index (κ2) is 7.15. The average molecular weight is 416 g/mol. The summed E-state index contributed by atoms with van der Waals surface area (Å²) in [6.07, 6.45) is 4.45. The van der Waals surface area contributed by atoms with Crippen LogP contribution in [0.3, 0.4) is 0 Å². The molecule has 0 atom stereocenters. The number of urea groups is 1. The minimum Gasteiger partial charge on any atom is -0.397 e. The molecule has 2 aliphatic heterocycles. The van der Waals surface area contributed by atoms with Gasteiger partial charge in [-0.05, 0) is 55.2 Å². The van der Waals surface area contributed by atoms with Crippen molar-refractivity contribution in [2.45, 2.75) is 25.3 Å². The first-order valence-corrected chi connectivity index (χ1v) is 9.72. The smallest absolute Gasteiger partial charge is 0.322 e. The van der Waals surface area contributed by atoms with Gasteiger partial charge in [-0.3, -0.25) is 0 Å². The van der Waals surface area contributed by atoms with Crippen LogP contribution in [-0.4, -0.2) is 41.6 Å². The van der Waals surface area contributed by atoms with Crippen LogP contribution in [0.25, 0.3) is 0 Å². The summed E-state index contributed by atoms with van der Waals surface area (Å²) in [5.41, 5.74) is 8.49. The van der Waals surface area contributed by atoms with Crippen LogP contribution in [-0.2, 0) is 6.42 Å². The maximum absolute atomic E-state index is 12.7. The van der Waals surface area contributed by atoms with Crippen LogP contribution < -0.4 is 16.0 Å². The molecule has 0 aliphatic carbocycles. The van der Waals surface area contributed by atoms with Gasteiger partial charge in [-0.25, -0.2) is 9.78 Å². The van der Waals surface area contributed by atoms with Crippen molar-refractivity contribution in [1.29, 1.82) is 0 Å². The van der Waals surface area contributed by atoms with Gasteiger partial charge < -0.3 is 20.9 Å². The number of pyridine rings is 1. The van der Waals surface area contributed by atoms with Crippen LogP contribution in [0.4, 0.5) is 22.0 Å². The number of nitrogens with two attached hydrogens (primary N) is 1. The second-order valence-electron chi connectivity index (χ2n) is 6.84. The Morgan fingerprint density at radius 3 is 2.69 bits per heavy atom. The number of carbonyl (C=O) groups excluding carboxylic acids is 1. The topological polar surface area (TPSA) is 74.5 Å². The summed E-state index contributed by atoms with van der Waals surface area (Å²) in [5.74, 6) is 0.954. The van der Waals surface area contributed by atoms with Gasteiger partial charge in [-0.1, -0.05) is 15.9 Å². The van der Waals surface area contributed by atoms with E-state index in [1.54, 1.807) is 6.20 Å². The van der Waals surface area contributed by atoms with E-state index in [4.69, 9.17) is 5.73 Å². The summed E-state index contributed by atoms with van der Waals surface area (Å²) in [4.78, 5) is 21.4. The molecule has 4 rings (SSSR count). The van der Waals surface area contributed by atoms with Gasteiger partial charge in [0.15, 0.2) is 0 Å². The molecule has 26 heavy (non-hydrogen) atoms. The molecule has 1 aromatic heterocycles. The average Bonchev–Trinajstić information content (AvgIpc) is 2.81. The SMILES string of the molecule is Nc1ccc(N2CCC(N3CCc4cc(Br)ccc4NC3=O)CC2)nc1. The highest BCUT2D eigenvalue weighted by Crippen LogP contribution is 2.28. The van der Waals surface area contributed by atoms with Crippen molar-refractivity contribution in [2.24, 2.45) is 0 Å². The molecule has 0 unspecified atom stereocenters. The molecule has 1 saturated heterocycles. The first kappa shape index (κ1) is 17.1. The van der Waals surface area contributed by atoms with E-state index in [2.05, 4.69) is 37.2 Å². The quantitative estimate of drug-likeness (QED) is 0.786. The second-order valence-corrected chi connectivity index (χ2v) is 7.76. The minimum atomic E-state index is 0.00938. The zero-order chi connectivity index (χ0) is 18.1. The molecule has 136 valence electrons. The monoisotopic (exact) mass is 415 g/mol. The number of nitrogens with one attached hydrogen (secondary N) is 1. The Morgan fingerprint density at radius 2 is 1.96 bits per heavy atom. The molecule has 2 aliphatic rings. The molecule has 0 spiro atoms. The number of aromatic nitrogens is 1. The van der Waals surface area contributed by atoms with Crippen LogP contribution in [0.2, 0.25) is 0 Å². The highest BCUT2D eigenvalue weighted by molar-refractivity contribution is 9.10. The molecule has 3 N–H and O–H groups in total. The van der Waals surface area contributed by atoms with Gasteiger partial charge in [-0.15, -0.1) is 0 Å². The Morgan fingerprint density at radius 1 is 1.15 bits per heavy atom. The maximum Gasteiger partial charge on any atom is 0.322 e. The Hall–Kier alpha value is -2.28. The number of fused-ring (bicyclic) bond motifs is 1. The van der Waals surface area contributed by atoms with Crippen molar-refractivity contribution in [3.8, 4) is 0 Å². The normalized spacial score (nSPS) is 18.3. The van der Waals surface area contributed by atoms with Gasteiger partial charge in [0, 0.05) is 35.8 Å². The van der Waals surface area contributed by atoms with Gasteiger partial charge >= 0.3 is 6.03 Å². The first-order chi connectivity index (χ1) is 12.6. The van der Waals surface area contributed by atoms with E-state index < -0.39 is 0 Å².